The molecule has 0 radical (unpaired) electrons. The van der Waals surface area contributed by atoms with E-state index in [0.29, 0.717) is 22.3 Å². The summed E-state index contributed by atoms with van der Waals surface area (Å²) >= 11 is 0. The molecule has 2 heterocycles. The van der Waals surface area contributed by atoms with Crippen molar-refractivity contribution in [3.8, 4) is 34.1 Å². The second kappa shape index (κ2) is 6.86. The molecule has 0 aliphatic carbocycles. The highest BCUT2D eigenvalue weighted by molar-refractivity contribution is 6.09. The molecule has 0 fully saturated rings. The van der Waals surface area contributed by atoms with E-state index in [-0.39, 0.29) is 39.7 Å². The van der Waals surface area contributed by atoms with Gasteiger partial charge >= 0.3 is 11.9 Å². The Labute approximate surface area is 193 Å². The minimum atomic E-state index is -1.46. The van der Waals surface area contributed by atoms with E-state index < -0.39 is 17.5 Å². The quantitative estimate of drug-likeness (QED) is 0.366. The van der Waals surface area contributed by atoms with Gasteiger partial charge < -0.3 is 24.8 Å². The van der Waals surface area contributed by atoms with Gasteiger partial charge in [0.1, 0.15) is 23.0 Å². The van der Waals surface area contributed by atoms with Crippen molar-refractivity contribution in [1.82, 2.24) is 0 Å². The number of hydrogen-bond acceptors (Lipinski definition) is 6. The summed E-state index contributed by atoms with van der Waals surface area (Å²) in [6, 6.07) is 20.8. The second-order valence-electron chi connectivity index (χ2n) is 8.12. The van der Waals surface area contributed by atoms with Gasteiger partial charge in [-0.25, -0.2) is 9.59 Å². The predicted molar refractivity (Wildman–Crippen MR) is 120 cm³/mol. The Morgan fingerprint density at radius 1 is 0.735 bits per heavy atom. The van der Waals surface area contributed by atoms with Crippen LogP contribution in [-0.4, -0.2) is 27.3 Å². The minimum absolute atomic E-state index is 0.0251. The number of hydrogen-bond donors (Lipinski definition) is 3. The molecule has 34 heavy (non-hydrogen) atoms. The molecule has 166 valence electrons. The fourth-order valence-corrected chi connectivity index (χ4v) is 4.87. The number of fused-ring (bicyclic) bond motifs is 6. The highest BCUT2D eigenvalue weighted by atomic mass is 16.6. The van der Waals surface area contributed by atoms with Gasteiger partial charge in [-0.05, 0) is 35.9 Å². The summed E-state index contributed by atoms with van der Waals surface area (Å²) in [5.41, 5.74) is 0.874. The SMILES string of the molecule is O=C(O)c1ccc2c(c1-c1ccccc1)C(=O)OC21c2ccc(O)cc2Oc2cc(O)ccc21. The molecule has 0 aromatic heterocycles. The lowest BCUT2D eigenvalue weighted by Gasteiger charge is -2.36. The number of benzene rings is 4. The van der Waals surface area contributed by atoms with E-state index in [4.69, 9.17) is 9.47 Å². The zero-order valence-corrected chi connectivity index (χ0v) is 17.5. The molecule has 7 nitrogen and oxygen atoms in total. The van der Waals surface area contributed by atoms with Gasteiger partial charge in [0.2, 0.25) is 0 Å². The molecule has 2 aliphatic heterocycles. The molecule has 3 N–H and O–H groups in total. The van der Waals surface area contributed by atoms with Crippen LogP contribution in [-0.2, 0) is 10.3 Å². The zero-order chi connectivity index (χ0) is 23.6. The van der Waals surface area contributed by atoms with Crippen LogP contribution < -0.4 is 4.74 Å². The van der Waals surface area contributed by atoms with Crippen LogP contribution >= 0.6 is 0 Å². The van der Waals surface area contributed by atoms with Crippen LogP contribution in [0, 0.1) is 0 Å². The van der Waals surface area contributed by atoms with Gasteiger partial charge in [0.05, 0.1) is 11.1 Å². The summed E-state index contributed by atoms with van der Waals surface area (Å²) in [7, 11) is 0. The Balaban J connectivity index is 1.74. The van der Waals surface area contributed by atoms with E-state index in [2.05, 4.69) is 0 Å². The normalized spacial score (nSPS) is 14.5. The number of carbonyl (C=O) groups is 2. The number of esters is 1. The molecule has 7 heteroatoms. The van der Waals surface area contributed by atoms with E-state index in [1.807, 2.05) is 0 Å². The molecule has 6 rings (SSSR count). The number of ether oxygens (including phenoxy) is 2. The number of rotatable bonds is 2. The monoisotopic (exact) mass is 452 g/mol. The van der Waals surface area contributed by atoms with Crippen LogP contribution in [0.5, 0.6) is 23.0 Å². The van der Waals surface area contributed by atoms with Crippen molar-refractivity contribution >= 4 is 11.9 Å². The molecule has 0 bridgehead atoms. The first-order valence-electron chi connectivity index (χ1n) is 10.4. The fraction of sp³-hybridized carbons (Fsp3) is 0.0370. The van der Waals surface area contributed by atoms with Gasteiger partial charge in [0.25, 0.3) is 0 Å². The van der Waals surface area contributed by atoms with Gasteiger partial charge in [-0.1, -0.05) is 36.4 Å². The van der Waals surface area contributed by atoms with Crippen molar-refractivity contribution in [2.45, 2.75) is 5.60 Å². The largest absolute Gasteiger partial charge is 0.508 e. The molecular weight excluding hydrogens is 436 g/mol. The lowest BCUT2D eigenvalue weighted by Crippen LogP contribution is -2.32. The maximum atomic E-state index is 13.5. The van der Waals surface area contributed by atoms with Gasteiger partial charge in [-0.15, -0.1) is 0 Å². The first-order chi connectivity index (χ1) is 16.4. The van der Waals surface area contributed by atoms with E-state index in [0.717, 1.165) is 0 Å². The second-order valence-corrected chi connectivity index (χ2v) is 8.12. The van der Waals surface area contributed by atoms with Crippen molar-refractivity contribution in [2.24, 2.45) is 0 Å². The summed E-state index contributed by atoms with van der Waals surface area (Å²) in [5.74, 6) is -1.44. The van der Waals surface area contributed by atoms with Crippen molar-refractivity contribution in [2.75, 3.05) is 0 Å². The summed E-state index contributed by atoms with van der Waals surface area (Å²) in [6.07, 6.45) is 0. The topological polar surface area (TPSA) is 113 Å². The Morgan fingerprint density at radius 2 is 1.32 bits per heavy atom. The van der Waals surface area contributed by atoms with Crippen molar-refractivity contribution in [3.05, 3.63) is 107 Å². The smallest absolute Gasteiger partial charge is 0.340 e. The summed E-state index contributed by atoms with van der Waals surface area (Å²) in [6.45, 7) is 0. The fourth-order valence-electron chi connectivity index (χ4n) is 4.87. The maximum absolute atomic E-state index is 13.5. The standard InChI is InChI=1S/C27H16O7/c28-15-6-9-18-21(12-15)33-22-13-16(29)7-10-19(22)27(18)20-11-8-17(25(30)31)23(24(20)26(32)34-27)14-4-2-1-3-5-14/h1-13,28-29H,(H,30,31). The Hall–Kier alpha value is -4.78. The number of phenols is 2. The summed E-state index contributed by atoms with van der Waals surface area (Å²) < 4.78 is 12.1. The average Bonchev–Trinajstić information content (AvgIpc) is 3.11. The molecule has 0 amide bonds. The third kappa shape index (κ3) is 2.58. The van der Waals surface area contributed by atoms with E-state index in [9.17, 15) is 24.9 Å². The number of carboxylic acid groups (broad SMARTS) is 1. The van der Waals surface area contributed by atoms with Crippen molar-refractivity contribution in [1.29, 1.82) is 0 Å². The maximum Gasteiger partial charge on any atom is 0.340 e. The van der Waals surface area contributed by atoms with Gasteiger partial charge in [-0.2, -0.15) is 0 Å². The van der Waals surface area contributed by atoms with Crippen LogP contribution in [0.3, 0.4) is 0 Å². The van der Waals surface area contributed by atoms with Crippen LogP contribution in [0.4, 0.5) is 0 Å². The number of aromatic hydroxyl groups is 2. The third-order valence-corrected chi connectivity index (χ3v) is 6.24. The molecule has 4 aromatic carbocycles. The van der Waals surface area contributed by atoms with Gasteiger partial charge in [0, 0.05) is 34.4 Å². The van der Waals surface area contributed by atoms with E-state index in [1.165, 1.54) is 30.3 Å². The van der Waals surface area contributed by atoms with Gasteiger partial charge in [0.15, 0.2) is 5.60 Å². The van der Waals surface area contributed by atoms with Crippen LogP contribution in [0.25, 0.3) is 11.1 Å². The molecule has 0 saturated carbocycles. The first-order valence-corrected chi connectivity index (χ1v) is 10.4. The Kier molecular flexibility index (Phi) is 4.01. The highest BCUT2D eigenvalue weighted by Crippen LogP contribution is 2.58. The zero-order valence-electron chi connectivity index (χ0n) is 17.5. The minimum Gasteiger partial charge on any atom is -0.508 e. The van der Waals surface area contributed by atoms with Gasteiger partial charge in [-0.3, -0.25) is 0 Å². The number of aromatic carboxylic acids is 1. The summed E-state index contributed by atoms with van der Waals surface area (Å²) in [5, 5.41) is 30.0. The third-order valence-electron chi connectivity index (χ3n) is 6.24. The molecule has 1 spiro atoms. The molecule has 0 saturated heterocycles. The highest BCUT2D eigenvalue weighted by Gasteiger charge is 2.54. The number of carbonyl (C=O) groups excluding carboxylic acids is 1. The molecule has 4 aromatic rings. The molecule has 0 atom stereocenters. The lowest BCUT2D eigenvalue weighted by atomic mass is 9.76. The number of phenolic OH excluding ortho intramolecular Hbond substituents is 2. The van der Waals surface area contributed by atoms with Crippen LogP contribution in [0.2, 0.25) is 0 Å². The van der Waals surface area contributed by atoms with Crippen molar-refractivity contribution in [3.63, 3.8) is 0 Å². The number of carboxylic acids is 1. The Morgan fingerprint density at radius 3 is 1.91 bits per heavy atom. The molecule has 2 aliphatic rings. The van der Waals surface area contributed by atoms with Crippen molar-refractivity contribution < 1.29 is 34.4 Å². The summed E-state index contributed by atoms with van der Waals surface area (Å²) in [4.78, 5) is 25.6. The first kappa shape index (κ1) is 19.9. The van der Waals surface area contributed by atoms with E-state index in [1.54, 1.807) is 48.5 Å². The predicted octanol–water partition coefficient (Wildman–Crippen LogP) is 5.03. The van der Waals surface area contributed by atoms with E-state index >= 15 is 0 Å². The van der Waals surface area contributed by atoms with Crippen LogP contribution in [0.15, 0.2) is 78.9 Å². The lowest BCUT2D eigenvalue weighted by molar-refractivity contribution is 0.0224. The van der Waals surface area contributed by atoms with Crippen LogP contribution in [0.1, 0.15) is 37.4 Å². The molecular formula is C27H16O7. The molecule has 0 unspecified atom stereocenters. The Bertz CT molecular complexity index is 1470. The average molecular weight is 452 g/mol.